The highest BCUT2D eigenvalue weighted by Crippen LogP contribution is 2.33. The predicted molar refractivity (Wildman–Crippen MR) is 131 cm³/mol. The zero-order valence-electron chi connectivity index (χ0n) is 19.2. The molecule has 12 heteroatoms. The maximum absolute atomic E-state index is 13.1. The van der Waals surface area contributed by atoms with E-state index in [4.69, 9.17) is 9.47 Å². The van der Waals surface area contributed by atoms with E-state index >= 15 is 0 Å². The number of rotatable bonds is 7. The average molecular weight is 507 g/mol. The Morgan fingerprint density at radius 3 is 2.56 bits per heavy atom. The highest BCUT2D eigenvalue weighted by atomic mass is 32.2. The lowest BCUT2D eigenvalue weighted by atomic mass is 10.2. The lowest BCUT2D eigenvalue weighted by Gasteiger charge is -2.19. The average Bonchev–Trinajstić information content (AvgIpc) is 3.33. The maximum Gasteiger partial charge on any atom is 0.262 e. The lowest BCUT2D eigenvalue weighted by molar-refractivity contribution is -0.117. The first-order chi connectivity index (χ1) is 17.4. The van der Waals surface area contributed by atoms with Crippen molar-refractivity contribution in [1.82, 2.24) is 20.2 Å². The number of para-hydroxylation sites is 1. The first-order valence-corrected chi connectivity index (χ1v) is 12.5. The van der Waals surface area contributed by atoms with E-state index in [2.05, 4.69) is 25.4 Å². The molecule has 2 N–H and O–H groups in total. The number of carbonyl (C=O) groups is 1. The van der Waals surface area contributed by atoms with Gasteiger partial charge in [-0.2, -0.15) is 4.80 Å². The maximum atomic E-state index is 13.1. The van der Waals surface area contributed by atoms with Crippen LogP contribution < -0.4 is 19.5 Å². The van der Waals surface area contributed by atoms with Gasteiger partial charge < -0.3 is 14.8 Å². The molecular weight excluding hydrogens is 484 g/mol. The summed E-state index contributed by atoms with van der Waals surface area (Å²) in [7, 11) is -3.96. The van der Waals surface area contributed by atoms with Crippen LogP contribution >= 0.6 is 0 Å². The number of anilines is 2. The number of ether oxygens (including phenoxy) is 2. The third-order valence-electron chi connectivity index (χ3n) is 5.31. The third-order valence-corrected chi connectivity index (χ3v) is 6.67. The number of tetrazole rings is 1. The Labute approximate surface area is 207 Å². The molecular formula is C24H22N6O5S. The number of aryl methyl sites for hydroxylation is 1. The summed E-state index contributed by atoms with van der Waals surface area (Å²) in [6.45, 7) is 2.55. The van der Waals surface area contributed by atoms with E-state index in [-0.39, 0.29) is 28.9 Å². The number of aromatic nitrogens is 4. The van der Waals surface area contributed by atoms with E-state index in [1.165, 1.54) is 12.1 Å². The van der Waals surface area contributed by atoms with Gasteiger partial charge in [0.25, 0.3) is 10.0 Å². The quantitative estimate of drug-likeness (QED) is 0.390. The topological polar surface area (TPSA) is 137 Å². The summed E-state index contributed by atoms with van der Waals surface area (Å²) in [5.74, 6) is 0.702. The Balaban J connectivity index is 1.33. The van der Waals surface area contributed by atoms with E-state index < -0.39 is 10.0 Å². The van der Waals surface area contributed by atoms with Gasteiger partial charge in [0.05, 0.1) is 10.6 Å². The van der Waals surface area contributed by atoms with Crippen molar-refractivity contribution in [3.63, 3.8) is 0 Å². The second kappa shape index (κ2) is 9.66. The summed E-state index contributed by atoms with van der Waals surface area (Å²) in [6.07, 6.45) is 0. The lowest BCUT2D eigenvalue weighted by Crippen LogP contribution is -2.20. The monoisotopic (exact) mass is 506 g/mol. The minimum Gasteiger partial charge on any atom is -0.486 e. The highest BCUT2D eigenvalue weighted by molar-refractivity contribution is 7.92. The molecule has 5 rings (SSSR count). The number of nitrogens with one attached hydrogen (secondary N) is 2. The van der Waals surface area contributed by atoms with Crippen molar-refractivity contribution in [2.24, 2.45) is 0 Å². The molecule has 0 saturated heterocycles. The number of amides is 1. The normalized spacial score (nSPS) is 12.7. The molecule has 0 radical (unpaired) electrons. The van der Waals surface area contributed by atoms with Gasteiger partial charge in [0, 0.05) is 17.3 Å². The van der Waals surface area contributed by atoms with E-state index in [0.29, 0.717) is 36.0 Å². The summed E-state index contributed by atoms with van der Waals surface area (Å²) in [4.78, 5) is 13.5. The number of hydrogen-bond donors (Lipinski definition) is 2. The molecule has 1 amide bonds. The van der Waals surface area contributed by atoms with Crippen LogP contribution in [-0.2, 0) is 21.4 Å². The van der Waals surface area contributed by atoms with Crippen molar-refractivity contribution < 1.29 is 22.7 Å². The van der Waals surface area contributed by atoms with Crippen LogP contribution in [0.4, 0.5) is 11.4 Å². The van der Waals surface area contributed by atoms with Crippen molar-refractivity contribution in [2.45, 2.75) is 18.4 Å². The fourth-order valence-electron chi connectivity index (χ4n) is 3.55. The van der Waals surface area contributed by atoms with Gasteiger partial charge in [-0.05, 0) is 48.5 Å². The van der Waals surface area contributed by atoms with Crippen molar-refractivity contribution in [2.75, 3.05) is 23.3 Å². The van der Waals surface area contributed by atoms with Gasteiger partial charge in [0.15, 0.2) is 11.5 Å². The van der Waals surface area contributed by atoms with Crippen molar-refractivity contribution in [3.05, 3.63) is 72.3 Å². The van der Waals surface area contributed by atoms with E-state index in [9.17, 15) is 13.2 Å². The minimum absolute atomic E-state index is 0.0194. The zero-order chi connectivity index (χ0) is 25.1. The summed E-state index contributed by atoms with van der Waals surface area (Å²) in [5, 5.41) is 15.0. The smallest absolute Gasteiger partial charge is 0.262 e. The van der Waals surface area contributed by atoms with Gasteiger partial charge in [0.2, 0.25) is 11.7 Å². The molecule has 36 heavy (non-hydrogen) atoms. The summed E-state index contributed by atoms with van der Waals surface area (Å²) in [6, 6.07) is 18.5. The van der Waals surface area contributed by atoms with Gasteiger partial charge in [-0.3, -0.25) is 9.52 Å². The molecule has 0 aliphatic carbocycles. The molecule has 1 aliphatic heterocycles. The molecule has 11 nitrogen and oxygen atoms in total. The predicted octanol–water partition coefficient (Wildman–Crippen LogP) is 2.86. The van der Waals surface area contributed by atoms with Crippen LogP contribution in [0.15, 0.2) is 71.6 Å². The van der Waals surface area contributed by atoms with Crippen LogP contribution in [0, 0.1) is 6.92 Å². The molecule has 3 aromatic carbocycles. The van der Waals surface area contributed by atoms with Crippen LogP contribution in [0.5, 0.6) is 11.5 Å². The van der Waals surface area contributed by atoms with Crippen molar-refractivity contribution in [1.29, 1.82) is 0 Å². The van der Waals surface area contributed by atoms with E-state index in [1.54, 1.807) is 42.5 Å². The minimum atomic E-state index is -3.96. The number of nitrogens with zero attached hydrogens (tertiary/aromatic N) is 4. The third kappa shape index (κ3) is 5.13. The van der Waals surface area contributed by atoms with Crippen LogP contribution in [0.25, 0.3) is 11.4 Å². The van der Waals surface area contributed by atoms with Crippen LogP contribution in [0.2, 0.25) is 0 Å². The fourth-order valence-corrected chi connectivity index (χ4v) is 4.64. The highest BCUT2D eigenvalue weighted by Gasteiger charge is 2.22. The van der Waals surface area contributed by atoms with Crippen molar-refractivity contribution in [3.8, 4) is 22.9 Å². The summed E-state index contributed by atoms with van der Waals surface area (Å²) < 4.78 is 39.7. The first kappa shape index (κ1) is 23.3. The Morgan fingerprint density at radius 1 is 1.00 bits per heavy atom. The number of hydrogen-bond acceptors (Lipinski definition) is 8. The zero-order valence-corrected chi connectivity index (χ0v) is 20.0. The van der Waals surface area contributed by atoms with Crippen LogP contribution in [0.1, 0.15) is 5.56 Å². The number of carbonyl (C=O) groups excluding carboxylic acids is 1. The molecule has 0 bridgehead atoms. The van der Waals surface area contributed by atoms with Gasteiger partial charge in [-0.25, -0.2) is 8.42 Å². The molecule has 0 saturated carbocycles. The molecule has 184 valence electrons. The summed E-state index contributed by atoms with van der Waals surface area (Å²) >= 11 is 0. The fraction of sp³-hybridized carbons (Fsp3) is 0.167. The Hall–Kier alpha value is -4.45. The molecule has 0 atom stereocenters. The second-order valence-electron chi connectivity index (χ2n) is 8.01. The van der Waals surface area contributed by atoms with Gasteiger partial charge in [-0.15, -0.1) is 10.2 Å². The van der Waals surface area contributed by atoms with Gasteiger partial charge >= 0.3 is 0 Å². The first-order valence-electron chi connectivity index (χ1n) is 11.0. The van der Waals surface area contributed by atoms with E-state index in [1.807, 2.05) is 19.1 Å². The van der Waals surface area contributed by atoms with Crippen LogP contribution in [0.3, 0.4) is 0 Å². The van der Waals surface area contributed by atoms with Gasteiger partial charge in [0.1, 0.15) is 19.8 Å². The van der Waals surface area contributed by atoms with Crippen molar-refractivity contribution >= 4 is 27.3 Å². The van der Waals surface area contributed by atoms with Crippen LogP contribution in [-0.4, -0.2) is 47.7 Å². The number of fused-ring (bicyclic) bond motifs is 1. The Kier molecular flexibility index (Phi) is 6.25. The SMILES string of the molecule is Cc1ccc(NC(=O)Cn2nnc(-c3ccccc3NS(=O)(=O)c3ccc4c(c3)OCCO4)n2)cc1. The van der Waals surface area contributed by atoms with Gasteiger partial charge in [-0.1, -0.05) is 29.8 Å². The number of benzene rings is 3. The standard InChI is InChI=1S/C24H22N6O5S/c1-16-6-8-17(9-7-16)25-23(31)15-30-27-24(26-29-30)19-4-2-3-5-20(19)28-36(32,33)18-10-11-21-22(14-18)35-13-12-34-21/h2-11,14,28H,12-13,15H2,1H3,(H,25,31). The molecule has 4 aromatic rings. The van der Waals surface area contributed by atoms with E-state index in [0.717, 1.165) is 10.4 Å². The molecule has 1 aliphatic rings. The largest absolute Gasteiger partial charge is 0.486 e. The summed E-state index contributed by atoms with van der Waals surface area (Å²) in [5.41, 5.74) is 2.41. The Bertz CT molecular complexity index is 1520. The Morgan fingerprint density at radius 2 is 1.75 bits per heavy atom. The second-order valence-corrected chi connectivity index (χ2v) is 9.70. The molecule has 0 unspecified atom stereocenters. The molecule has 2 heterocycles. The molecule has 0 spiro atoms. The number of sulfonamides is 1. The molecule has 0 fully saturated rings. The molecule has 1 aromatic heterocycles.